The van der Waals surface area contributed by atoms with Crippen molar-refractivity contribution in [2.45, 2.75) is 0 Å². The van der Waals surface area contributed by atoms with Gasteiger partial charge in [0.1, 0.15) is 5.82 Å². The number of nitrogens with zero attached hydrogens (tertiary/aromatic N) is 3. The molecule has 88 valence electrons. The van der Waals surface area contributed by atoms with Crippen LogP contribution in [0.25, 0.3) is 10.9 Å². The number of para-hydroxylation sites is 1. The van der Waals surface area contributed by atoms with Gasteiger partial charge in [-0.3, -0.25) is 9.97 Å². The van der Waals surface area contributed by atoms with Crippen molar-refractivity contribution in [3.8, 4) is 0 Å². The average molecular weight is 257 g/mol. The number of aromatic nitrogens is 3. The number of hydrogen-bond donors (Lipinski definition) is 1. The molecular weight excluding hydrogens is 248 g/mol. The van der Waals surface area contributed by atoms with Gasteiger partial charge in [-0.2, -0.15) is 0 Å². The predicted octanol–water partition coefficient (Wildman–Crippen LogP) is 3.42. The van der Waals surface area contributed by atoms with Crippen LogP contribution in [-0.2, 0) is 0 Å². The maximum absolute atomic E-state index is 6.34. The molecule has 0 spiro atoms. The van der Waals surface area contributed by atoms with E-state index in [2.05, 4.69) is 20.3 Å². The standard InChI is InChI=1S/C13H9ClN4/c14-13-9-3-1-2-4-10(9)17-7-11(13)18-12-8-15-5-6-16-12/h1-8H,(H,16,18). The van der Waals surface area contributed by atoms with Gasteiger partial charge in [-0.05, 0) is 6.07 Å². The maximum atomic E-state index is 6.34. The third-order valence-corrected chi connectivity index (χ3v) is 2.94. The van der Waals surface area contributed by atoms with Crippen molar-refractivity contribution in [1.82, 2.24) is 15.0 Å². The number of pyridine rings is 1. The van der Waals surface area contributed by atoms with Gasteiger partial charge >= 0.3 is 0 Å². The molecule has 1 aromatic carbocycles. The molecule has 0 saturated carbocycles. The summed E-state index contributed by atoms with van der Waals surface area (Å²) in [6.45, 7) is 0. The highest BCUT2D eigenvalue weighted by atomic mass is 35.5. The van der Waals surface area contributed by atoms with Crippen molar-refractivity contribution in [1.29, 1.82) is 0 Å². The fourth-order valence-electron chi connectivity index (χ4n) is 1.70. The minimum atomic E-state index is 0.631. The van der Waals surface area contributed by atoms with Crippen LogP contribution in [0, 0.1) is 0 Å². The molecule has 0 aliphatic rings. The van der Waals surface area contributed by atoms with Crippen molar-refractivity contribution < 1.29 is 0 Å². The second-order valence-corrected chi connectivity index (χ2v) is 4.10. The summed E-state index contributed by atoms with van der Waals surface area (Å²) < 4.78 is 0. The lowest BCUT2D eigenvalue weighted by Gasteiger charge is -2.08. The van der Waals surface area contributed by atoms with Crippen LogP contribution in [0.3, 0.4) is 0 Å². The fourth-order valence-corrected chi connectivity index (χ4v) is 1.95. The van der Waals surface area contributed by atoms with E-state index in [0.29, 0.717) is 10.8 Å². The molecule has 2 heterocycles. The molecule has 0 fully saturated rings. The average Bonchev–Trinajstić information content (AvgIpc) is 2.43. The molecule has 3 rings (SSSR count). The molecule has 0 aliphatic carbocycles. The lowest BCUT2D eigenvalue weighted by Crippen LogP contribution is -1.95. The van der Waals surface area contributed by atoms with Crippen LogP contribution in [0.2, 0.25) is 5.02 Å². The zero-order valence-corrected chi connectivity index (χ0v) is 10.1. The first kappa shape index (κ1) is 10.9. The third kappa shape index (κ3) is 1.98. The summed E-state index contributed by atoms with van der Waals surface area (Å²) >= 11 is 6.34. The molecular formula is C13H9ClN4. The highest BCUT2D eigenvalue weighted by molar-refractivity contribution is 6.38. The topological polar surface area (TPSA) is 50.7 Å². The minimum Gasteiger partial charge on any atom is -0.336 e. The Labute approximate surface area is 109 Å². The van der Waals surface area contributed by atoms with Crippen molar-refractivity contribution in [2.24, 2.45) is 0 Å². The lowest BCUT2D eigenvalue weighted by atomic mass is 10.2. The van der Waals surface area contributed by atoms with Crippen LogP contribution in [0.5, 0.6) is 0 Å². The van der Waals surface area contributed by atoms with E-state index in [1.165, 1.54) is 0 Å². The van der Waals surface area contributed by atoms with Crippen molar-refractivity contribution >= 4 is 34.0 Å². The van der Waals surface area contributed by atoms with Crippen LogP contribution in [0.4, 0.5) is 11.5 Å². The first-order valence-electron chi connectivity index (χ1n) is 5.41. The maximum Gasteiger partial charge on any atom is 0.148 e. The molecule has 4 nitrogen and oxygen atoms in total. The van der Waals surface area contributed by atoms with Crippen LogP contribution < -0.4 is 5.32 Å². The fraction of sp³-hybridized carbons (Fsp3) is 0. The summed E-state index contributed by atoms with van der Waals surface area (Å²) in [5, 5.41) is 4.64. The van der Waals surface area contributed by atoms with Crippen LogP contribution >= 0.6 is 11.6 Å². The van der Waals surface area contributed by atoms with Crippen molar-refractivity contribution in [2.75, 3.05) is 5.32 Å². The largest absolute Gasteiger partial charge is 0.336 e. The molecule has 0 aliphatic heterocycles. The molecule has 18 heavy (non-hydrogen) atoms. The Kier molecular flexibility index (Phi) is 2.78. The zero-order chi connectivity index (χ0) is 12.4. The Balaban J connectivity index is 2.05. The summed E-state index contributed by atoms with van der Waals surface area (Å²) in [7, 11) is 0. The molecule has 2 aromatic heterocycles. The Bertz CT molecular complexity index is 685. The quantitative estimate of drug-likeness (QED) is 0.763. The SMILES string of the molecule is Clc1c(Nc2cnccn2)cnc2ccccc12. The second-order valence-electron chi connectivity index (χ2n) is 3.72. The molecule has 5 heteroatoms. The van der Waals surface area contributed by atoms with Gasteiger partial charge in [0.05, 0.1) is 28.6 Å². The molecule has 0 radical (unpaired) electrons. The van der Waals surface area contributed by atoms with Crippen molar-refractivity contribution in [3.63, 3.8) is 0 Å². The van der Waals surface area contributed by atoms with Gasteiger partial charge in [-0.1, -0.05) is 29.8 Å². The molecule has 0 amide bonds. The van der Waals surface area contributed by atoms with Gasteiger partial charge < -0.3 is 5.32 Å². The van der Waals surface area contributed by atoms with Gasteiger partial charge in [0.15, 0.2) is 0 Å². The number of halogens is 1. The normalized spacial score (nSPS) is 10.5. The zero-order valence-electron chi connectivity index (χ0n) is 9.34. The summed E-state index contributed by atoms with van der Waals surface area (Å²) in [6, 6.07) is 7.73. The third-order valence-electron chi connectivity index (χ3n) is 2.54. The summed E-state index contributed by atoms with van der Waals surface area (Å²) in [4.78, 5) is 12.5. The number of hydrogen-bond acceptors (Lipinski definition) is 4. The van der Waals surface area contributed by atoms with Gasteiger partial charge in [0, 0.05) is 17.8 Å². The van der Waals surface area contributed by atoms with E-state index >= 15 is 0 Å². The number of nitrogens with one attached hydrogen (secondary N) is 1. The molecule has 0 bridgehead atoms. The lowest BCUT2D eigenvalue weighted by molar-refractivity contribution is 1.20. The summed E-state index contributed by atoms with van der Waals surface area (Å²) in [5.74, 6) is 0.636. The Morgan fingerprint density at radius 2 is 1.89 bits per heavy atom. The van der Waals surface area contributed by atoms with Gasteiger partial charge in [0.25, 0.3) is 0 Å². The number of rotatable bonds is 2. The van der Waals surface area contributed by atoms with E-state index in [0.717, 1.165) is 16.6 Å². The Hall–Kier alpha value is -2.20. The van der Waals surface area contributed by atoms with Gasteiger partial charge in [-0.25, -0.2) is 4.98 Å². The summed E-state index contributed by atoms with van der Waals surface area (Å²) in [6.07, 6.45) is 6.56. The smallest absolute Gasteiger partial charge is 0.148 e. The van der Waals surface area contributed by atoms with E-state index in [1.807, 2.05) is 24.3 Å². The molecule has 3 aromatic rings. The number of benzene rings is 1. The number of anilines is 2. The van der Waals surface area contributed by atoms with E-state index in [9.17, 15) is 0 Å². The highest BCUT2D eigenvalue weighted by Crippen LogP contribution is 2.30. The van der Waals surface area contributed by atoms with Crippen LogP contribution in [0.1, 0.15) is 0 Å². The van der Waals surface area contributed by atoms with E-state index in [-0.39, 0.29) is 0 Å². The van der Waals surface area contributed by atoms with E-state index in [1.54, 1.807) is 24.8 Å². The molecule has 0 atom stereocenters. The Morgan fingerprint density at radius 1 is 1.00 bits per heavy atom. The van der Waals surface area contributed by atoms with Crippen LogP contribution in [-0.4, -0.2) is 15.0 Å². The number of fused-ring (bicyclic) bond motifs is 1. The molecule has 1 N–H and O–H groups in total. The van der Waals surface area contributed by atoms with Crippen LogP contribution in [0.15, 0.2) is 49.1 Å². The molecule has 0 saturated heterocycles. The first-order valence-corrected chi connectivity index (χ1v) is 5.78. The highest BCUT2D eigenvalue weighted by Gasteiger charge is 2.06. The second kappa shape index (κ2) is 4.58. The minimum absolute atomic E-state index is 0.631. The summed E-state index contributed by atoms with van der Waals surface area (Å²) in [5.41, 5.74) is 1.59. The monoisotopic (exact) mass is 256 g/mol. The van der Waals surface area contributed by atoms with Gasteiger partial charge in [-0.15, -0.1) is 0 Å². The van der Waals surface area contributed by atoms with Crippen molar-refractivity contribution in [3.05, 3.63) is 54.1 Å². The first-order chi connectivity index (χ1) is 8.84. The van der Waals surface area contributed by atoms with E-state index in [4.69, 9.17) is 11.6 Å². The Morgan fingerprint density at radius 3 is 2.72 bits per heavy atom. The van der Waals surface area contributed by atoms with Gasteiger partial charge in [0.2, 0.25) is 0 Å². The van der Waals surface area contributed by atoms with E-state index < -0.39 is 0 Å². The predicted molar refractivity (Wildman–Crippen MR) is 72.1 cm³/mol. The molecule has 0 unspecified atom stereocenters.